The van der Waals surface area contributed by atoms with E-state index < -0.39 is 5.97 Å². The largest absolute Gasteiger partial charge is 0.497 e. The lowest BCUT2D eigenvalue weighted by Crippen LogP contribution is -2.26. The van der Waals surface area contributed by atoms with Crippen LogP contribution < -0.4 is 9.47 Å². The number of aromatic carboxylic acids is 1. The lowest BCUT2D eigenvalue weighted by Gasteiger charge is -2.23. The maximum absolute atomic E-state index is 11.4. The van der Waals surface area contributed by atoms with Gasteiger partial charge in [-0.15, -0.1) is 0 Å². The maximum atomic E-state index is 11.4. The lowest BCUT2D eigenvalue weighted by atomic mass is 10.1. The molecular weight excluding hydrogens is 276 g/mol. The Bertz CT molecular complexity index is 653. The number of carboxylic acids is 1. The molecule has 6 nitrogen and oxygen atoms in total. The minimum Gasteiger partial charge on any atom is -0.497 e. The summed E-state index contributed by atoms with van der Waals surface area (Å²) in [5, 5.41) is 9.90. The van der Waals surface area contributed by atoms with Gasteiger partial charge in [0.2, 0.25) is 0 Å². The minimum atomic E-state index is -1.15. The van der Waals surface area contributed by atoms with E-state index in [4.69, 9.17) is 18.6 Å². The molecule has 0 unspecified atom stereocenters. The standard InChI is InChI=1S/C15H16O6/c1-18-10-2-3-12-11(8-10)13(14(21-12)15(16)17)20-9-4-6-19-7-5-9/h2-3,8-9H,4-7H2,1H3,(H,16,17). The Hall–Kier alpha value is -2.21. The molecule has 2 aromatic rings. The van der Waals surface area contributed by atoms with Crippen LogP contribution in [0, 0.1) is 0 Å². The van der Waals surface area contributed by atoms with E-state index in [1.165, 1.54) is 0 Å². The molecule has 0 spiro atoms. The number of rotatable bonds is 4. The summed E-state index contributed by atoms with van der Waals surface area (Å²) in [4.78, 5) is 11.4. The molecule has 0 atom stereocenters. The molecule has 1 aliphatic rings. The lowest BCUT2D eigenvalue weighted by molar-refractivity contribution is 0.0248. The van der Waals surface area contributed by atoms with Gasteiger partial charge in [-0.3, -0.25) is 0 Å². The van der Waals surface area contributed by atoms with Crippen LogP contribution in [0.2, 0.25) is 0 Å². The molecule has 1 saturated heterocycles. The van der Waals surface area contributed by atoms with Crippen molar-refractivity contribution in [3.05, 3.63) is 24.0 Å². The molecule has 0 saturated carbocycles. The Kier molecular flexibility index (Phi) is 3.70. The van der Waals surface area contributed by atoms with Crippen LogP contribution in [-0.4, -0.2) is 37.5 Å². The Morgan fingerprint density at radius 1 is 1.33 bits per heavy atom. The van der Waals surface area contributed by atoms with Gasteiger partial charge in [-0.1, -0.05) is 0 Å². The van der Waals surface area contributed by atoms with Crippen molar-refractivity contribution in [3.63, 3.8) is 0 Å². The SMILES string of the molecule is COc1ccc2oc(C(=O)O)c(OC3CCOCC3)c2c1. The summed E-state index contributed by atoms with van der Waals surface area (Å²) in [7, 11) is 1.55. The fourth-order valence-electron chi connectivity index (χ4n) is 2.40. The molecule has 2 heterocycles. The molecule has 0 bridgehead atoms. The van der Waals surface area contributed by atoms with Crippen molar-refractivity contribution in [1.82, 2.24) is 0 Å². The fourth-order valence-corrected chi connectivity index (χ4v) is 2.40. The van der Waals surface area contributed by atoms with Crippen LogP contribution >= 0.6 is 0 Å². The van der Waals surface area contributed by atoms with Crippen LogP contribution in [0.5, 0.6) is 11.5 Å². The number of hydrogen-bond donors (Lipinski definition) is 1. The van der Waals surface area contributed by atoms with E-state index in [2.05, 4.69) is 0 Å². The predicted molar refractivity (Wildman–Crippen MR) is 74.2 cm³/mol. The molecule has 0 aliphatic carbocycles. The highest BCUT2D eigenvalue weighted by molar-refractivity contribution is 5.98. The molecule has 1 N–H and O–H groups in total. The third-order valence-corrected chi connectivity index (χ3v) is 3.50. The smallest absolute Gasteiger partial charge is 0.375 e. The fraction of sp³-hybridized carbons (Fsp3) is 0.400. The highest BCUT2D eigenvalue weighted by Crippen LogP contribution is 2.37. The quantitative estimate of drug-likeness (QED) is 0.933. The zero-order chi connectivity index (χ0) is 14.8. The molecule has 1 aliphatic heterocycles. The number of carbonyl (C=O) groups is 1. The van der Waals surface area contributed by atoms with Gasteiger partial charge in [0.15, 0.2) is 5.75 Å². The Labute approximate surface area is 121 Å². The van der Waals surface area contributed by atoms with Crippen LogP contribution in [0.4, 0.5) is 0 Å². The van der Waals surface area contributed by atoms with Crippen molar-refractivity contribution in [1.29, 1.82) is 0 Å². The second-order valence-corrected chi connectivity index (χ2v) is 4.86. The summed E-state index contributed by atoms with van der Waals surface area (Å²) in [5.74, 6) is -0.433. The van der Waals surface area contributed by atoms with Crippen LogP contribution in [0.3, 0.4) is 0 Å². The van der Waals surface area contributed by atoms with Crippen molar-refractivity contribution in [2.45, 2.75) is 18.9 Å². The van der Waals surface area contributed by atoms with E-state index in [0.29, 0.717) is 29.9 Å². The number of furan rings is 1. The van der Waals surface area contributed by atoms with Crippen LogP contribution in [-0.2, 0) is 4.74 Å². The van der Waals surface area contributed by atoms with Crippen LogP contribution in [0.15, 0.2) is 22.6 Å². The van der Waals surface area contributed by atoms with Gasteiger partial charge in [0.25, 0.3) is 5.76 Å². The van der Waals surface area contributed by atoms with E-state index in [-0.39, 0.29) is 17.6 Å². The first kappa shape index (κ1) is 13.8. The maximum Gasteiger partial charge on any atom is 0.375 e. The van der Waals surface area contributed by atoms with Crippen LogP contribution in [0.1, 0.15) is 23.4 Å². The Balaban J connectivity index is 2.03. The number of benzene rings is 1. The number of hydrogen-bond acceptors (Lipinski definition) is 5. The second kappa shape index (κ2) is 5.65. The zero-order valence-corrected chi connectivity index (χ0v) is 11.6. The third-order valence-electron chi connectivity index (χ3n) is 3.50. The summed E-state index contributed by atoms with van der Waals surface area (Å²) in [6.45, 7) is 1.23. The van der Waals surface area contributed by atoms with Crippen molar-refractivity contribution >= 4 is 16.9 Å². The van der Waals surface area contributed by atoms with Crippen molar-refractivity contribution in [2.24, 2.45) is 0 Å². The molecule has 112 valence electrons. The first-order chi connectivity index (χ1) is 10.2. The van der Waals surface area contributed by atoms with Crippen LogP contribution in [0.25, 0.3) is 11.0 Å². The molecular formula is C15H16O6. The average molecular weight is 292 g/mol. The molecule has 21 heavy (non-hydrogen) atoms. The molecule has 6 heteroatoms. The summed E-state index contributed by atoms with van der Waals surface area (Å²) in [6.07, 6.45) is 1.40. The first-order valence-corrected chi connectivity index (χ1v) is 6.77. The molecule has 0 radical (unpaired) electrons. The van der Waals surface area contributed by atoms with Crippen molar-refractivity contribution in [3.8, 4) is 11.5 Å². The molecule has 1 aromatic carbocycles. The van der Waals surface area contributed by atoms with E-state index in [1.807, 2.05) is 0 Å². The van der Waals surface area contributed by atoms with Crippen molar-refractivity contribution in [2.75, 3.05) is 20.3 Å². The average Bonchev–Trinajstić information content (AvgIpc) is 2.86. The molecule has 1 fully saturated rings. The summed E-state index contributed by atoms with van der Waals surface area (Å²) in [6, 6.07) is 5.12. The highest BCUT2D eigenvalue weighted by Gasteiger charge is 2.25. The first-order valence-electron chi connectivity index (χ1n) is 6.77. The number of carboxylic acid groups (broad SMARTS) is 1. The zero-order valence-electron chi connectivity index (χ0n) is 11.6. The topological polar surface area (TPSA) is 78.1 Å². The van der Waals surface area contributed by atoms with E-state index in [9.17, 15) is 9.90 Å². The van der Waals surface area contributed by atoms with Gasteiger partial charge >= 0.3 is 5.97 Å². The Morgan fingerprint density at radius 3 is 2.76 bits per heavy atom. The van der Waals surface area contributed by atoms with Gasteiger partial charge in [0.05, 0.1) is 25.7 Å². The van der Waals surface area contributed by atoms with E-state index >= 15 is 0 Å². The molecule has 3 rings (SSSR count). The predicted octanol–water partition coefficient (Wildman–Crippen LogP) is 2.70. The number of methoxy groups -OCH3 is 1. The van der Waals surface area contributed by atoms with E-state index in [1.54, 1.807) is 25.3 Å². The molecule has 0 amide bonds. The van der Waals surface area contributed by atoms with Gasteiger partial charge in [-0.05, 0) is 18.2 Å². The minimum absolute atomic E-state index is 0.0659. The number of fused-ring (bicyclic) bond motifs is 1. The van der Waals surface area contributed by atoms with Gasteiger partial charge < -0.3 is 23.7 Å². The second-order valence-electron chi connectivity index (χ2n) is 4.86. The highest BCUT2D eigenvalue weighted by atomic mass is 16.5. The number of ether oxygens (including phenoxy) is 3. The van der Waals surface area contributed by atoms with Gasteiger partial charge in [-0.2, -0.15) is 0 Å². The monoisotopic (exact) mass is 292 g/mol. The van der Waals surface area contributed by atoms with Gasteiger partial charge in [0.1, 0.15) is 17.4 Å². The summed E-state index contributed by atoms with van der Waals surface area (Å²) >= 11 is 0. The molecule has 1 aromatic heterocycles. The third kappa shape index (κ3) is 2.67. The van der Waals surface area contributed by atoms with Gasteiger partial charge in [-0.25, -0.2) is 4.79 Å². The van der Waals surface area contributed by atoms with Crippen molar-refractivity contribution < 1.29 is 28.5 Å². The summed E-state index contributed by atoms with van der Waals surface area (Å²) in [5.41, 5.74) is 0.468. The normalized spacial score (nSPS) is 16.0. The summed E-state index contributed by atoms with van der Waals surface area (Å²) < 4.78 is 21.7. The van der Waals surface area contributed by atoms with E-state index in [0.717, 1.165) is 12.8 Å². The van der Waals surface area contributed by atoms with Gasteiger partial charge in [0, 0.05) is 12.8 Å². The Morgan fingerprint density at radius 2 is 2.10 bits per heavy atom.